The van der Waals surface area contributed by atoms with E-state index in [0.717, 1.165) is 30.7 Å². The summed E-state index contributed by atoms with van der Waals surface area (Å²) in [6.07, 6.45) is 2.01. The summed E-state index contributed by atoms with van der Waals surface area (Å²) in [5.41, 5.74) is 11.4. The van der Waals surface area contributed by atoms with Gasteiger partial charge in [0.15, 0.2) is 15.8 Å². The first kappa shape index (κ1) is 11.2. The van der Waals surface area contributed by atoms with E-state index in [9.17, 15) is 4.79 Å². The van der Waals surface area contributed by atoms with Gasteiger partial charge in [0.05, 0.1) is 0 Å². The first-order chi connectivity index (χ1) is 7.58. The van der Waals surface area contributed by atoms with E-state index in [4.69, 9.17) is 16.6 Å². The van der Waals surface area contributed by atoms with E-state index in [1.165, 1.54) is 0 Å². The minimum absolute atomic E-state index is 0.0895. The molecule has 1 saturated heterocycles. The first-order valence-electron chi connectivity index (χ1n) is 5.08. The summed E-state index contributed by atoms with van der Waals surface area (Å²) in [6.45, 7) is 1.58. The van der Waals surface area contributed by atoms with Crippen LogP contribution in [-0.4, -0.2) is 35.2 Å². The van der Waals surface area contributed by atoms with Crippen LogP contribution in [-0.2, 0) is 0 Å². The van der Waals surface area contributed by atoms with E-state index in [2.05, 4.69) is 4.98 Å². The number of hydrogen-bond donors (Lipinski definition) is 3. The molecule has 0 spiro atoms. The van der Waals surface area contributed by atoms with Gasteiger partial charge in [0, 0.05) is 19.1 Å². The molecular formula is C9H14N4O2S. The van der Waals surface area contributed by atoms with Crippen LogP contribution >= 0.6 is 11.3 Å². The maximum Gasteiger partial charge on any atom is 0.349 e. The van der Waals surface area contributed by atoms with Crippen LogP contribution < -0.4 is 16.4 Å². The number of carbonyl (C=O) groups is 1. The van der Waals surface area contributed by atoms with Gasteiger partial charge in [-0.05, 0) is 12.8 Å². The molecule has 1 aliphatic heterocycles. The van der Waals surface area contributed by atoms with Gasteiger partial charge in [-0.15, -0.1) is 0 Å². The highest BCUT2D eigenvalue weighted by Gasteiger charge is 2.22. The lowest BCUT2D eigenvalue weighted by molar-refractivity contribution is 0.0703. The molecule has 1 aromatic heterocycles. The second kappa shape index (κ2) is 4.26. The number of piperidine rings is 1. The third kappa shape index (κ3) is 2.10. The fourth-order valence-electron chi connectivity index (χ4n) is 1.79. The average molecular weight is 242 g/mol. The monoisotopic (exact) mass is 242 g/mol. The fourth-order valence-corrected chi connectivity index (χ4v) is 2.65. The van der Waals surface area contributed by atoms with Gasteiger partial charge in [0.2, 0.25) is 0 Å². The van der Waals surface area contributed by atoms with Gasteiger partial charge in [-0.25, -0.2) is 9.78 Å². The number of rotatable bonds is 2. The van der Waals surface area contributed by atoms with E-state index in [1.54, 1.807) is 0 Å². The standard InChI is InChI=1S/C9H14N4O2S/c10-5-2-1-3-13(4-5)9-12-7(11)6(16-9)8(14)15/h5H,1-4,10-11H2,(H,14,15)/t5-/m1/s1. The molecule has 5 N–H and O–H groups in total. The number of thiazole rings is 1. The van der Waals surface area contributed by atoms with Crippen LogP contribution in [0.25, 0.3) is 0 Å². The molecular weight excluding hydrogens is 228 g/mol. The Balaban J connectivity index is 2.20. The Bertz CT molecular complexity index is 406. The number of aromatic carboxylic acids is 1. The lowest BCUT2D eigenvalue weighted by Gasteiger charge is -2.30. The van der Waals surface area contributed by atoms with Crippen LogP contribution in [0.1, 0.15) is 22.5 Å². The van der Waals surface area contributed by atoms with Crippen LogP contribution in [0.4, 0.5) is 10.9 Å². The first-order valence-corrected chi connectivity index (χ1v) is 5.89. The van der Waals surface area contributed by atoms with Gasteiger partial charge in [-0.2, -0.15) is 0 Å². The SMILES string of the molecule is Nc1nc(N2CCC[C@@H](N)C2)sc1C(=O)O. The smallest absolute Gasteiger partial charge is 0.349 e. The Morgan fingerprint density at radius 2 is 2.38 bits per heavy atom. The Labute approximate surface area is 96.9 Å². The molecule has 1 aromatic rings. The van der Waals surface area contributed by atoms with Crippen molar-refractivity contribution in [3.8, 4) is 0 Å². The highest BCUT2D eigenvalue weighted by Crippen LogP contribution is 2.29. The summed E-state index contributed by atoms with van der Waals surface area (Å²) in [7, 11) is 0. The lowest BCUT2D eigenvalue weighted by atomic mass is 10.1. The highest BCUT2D eigenvalue weighted by atomic mass is 32.1. The summed E-state index contributed by atoms with van der Waals surface area (Å²) < 4.78 is 0. The molecule has 2 heterocycles. The van der Waals surface area contributed by atoms with E-state index in [1.807, 2.05) is 4.90 Å². The maximum atomic E-state index is 10.8. The van der Waals surface area contributed by atoms with Gasteiger partial charge in [0.25, 0.3) is 0 Å². The predicted octanol–water partition coefficient (Wildman–Crippen LogP) is 0.351. The minimum Gasteiger partial charge on any atom is -0.477 e. The van der Waals surface area contributed by atoms with Gasteiger partial charge in [-0.1, -0.05) is 11.3 Å². The normalized spacial score (nSPS) is 21.1. The molecule has 1 fully saturated rings. The highest BCUT2D eigenvalue weighted by molar-refractivity contribution is 7.17. The van der Waals surface area contributed by atoms with Crippen molar-refractivity contribution >= 4 is 28.3 Å². The fraction of sp³-hybridized carbons (Fsp3) is 0.556. The zero-order valence-electron chi connectivity index (χ0n) is 8.72. The van der Waals surface area contributed by atoms with Crippen LogP contribution in [0.3, 0.4) is 0 Å². The number of carboxylic acid groups (broad SMARTS) is 1. The van der Waals surface area contributed by atoms with Crippen LogP contribution in [0, 0.1) is 0 Å². The minimum atomic E-state index is -1.03. The summed E-state index contributed by atoms with van der Waals surface area (Å²) in [6, 6.07) is 0.132. The molecule has 2 rings (SSSR count). The van der Waals surface area contributed by atoms with Crippen LogP contribution in [0.15, 0.2) is 0 Å². The van der Waals surface area contributed by atoms with Gasteiger partial charge >= 0.3 is 5.97 Å². The third-order valence-electron chi connectivity index (χ3n) is 2.56. The second-order valence-electron chi connectivity index (χ2n) is 3.86. The Morgan fingerprint density at radius 1 is 1.62 bits per heavy atom. The molecule has 7 heteroatoms. The molecule has 0 radical (unpaired) electrons. The Hall–Kier alpha value is -1.34. The summed E-state index contributed by atoms with van der Waals surface area (Å²) >= 11 is 1.11. The van der Waals surface area contributed by atoms with Gasteiger partial charge in [-0.3, -0.25) is 0 Å². The third-order valence-corrected chi connectivity index (χ3v) is 3.68. The molecule has 0 aliphatic carbocycles. The molecule has 1 atom stereocenters. The van der Waals surface area contributed by atoms with Crippen molar-refractivity contribution < 1.29 is 9.90 Å². The van der Waals surface area contributed by atoms with Crippen molar-refractivity contribution in [1.82, 2.24) is 4.98 Å². The number of nitrogens with zero attached hydrogens (tertiary/aromatic N) is 2. The van der Waals surface area contributed by atoms with Crippen molar-refractivity contribution in [3.63, 3.8) is 0 Å². The number of aromatic nitrogens is 1. The number of nitrogens with two attached hydrogens (primary N) is 2. The summed E-state index contributed by atoms with van der Waals surface area (Å²) in [5, 5.41) is 9.53. The Kier molecular flexibility index (Phi) is 2.97. The van der Waals surface area contributed by atoms with Crippen LogP contribution in [0.2, 0.25) is 0 Å². The van der Waals surface area contributed by atoms with Crippen molar-refractivity contribution in [2.75, 3.05) is 23.7 Å². The van der Waals surface area contributed by atoms with Gasteiger partial charge < -0.3 is 21.5 Å². The number of anilines is 2. The maximum absolute atomic E-state index is 10.8. The van der Waals surface area contributed by atoms with E-state index < -0.39 is 5.97 Å². The van der Waals surface area contributed by atoms with Crippen molar-refractivity contribution in [1.29, 1.82) is 0 Å². The molecule has 16 heavy (non-hydrogen) atoms. The number of carboxylic acids is 1. The van der Waals surface area contributed by atoms with E-state index in [-0.39, 0.29) is 16.7 Å². The molecule has 0 amide bonds. The molecule has 88 valence electrons. The molecule has 0 saturated carbocycles. The summed E-state index contributed by atoms with van der Waals surface area (Å²) in [5.74, 6) is -0.936. The Morgan fingerprint density at radius 3 is 2.94 bits per heavy atom. The average Bonchev–Trinajstić information content (AvgIpc) is 2.60. The summed E-state index contributed by atoms with van der Waals surface area (Å²) in [4.78, 5) is 17.0. The second-order valence-corrected chi connectivity index (χ2v) is 4.84. The zero-order chi connectivity index (χ0) is 11.7. The van der Waals surface area contributed by atoms with Crippen molar-refractivity contribution in [3.05, 3.63) is 4.88 Å². The number of nitrogen functional groups attached to an aromatic ring is 1. The van der Waals surface area contributed by atoms with Crippen LogP contribution in [0.5, 0.6) is 0 Å². The zero-order valence-corrected chi connectivity index (χ0v) is 9.54. The molecule has 0 bridgehead atoms. The molecule has 1 aliphatic rings. The molecule has 6 nitrogen and oxygen atoms in total. The predicted molar refractivity (Wildman–Crippen MR) is 62.9 cm³/mol. The molecule has 0 unspecified atom stereocenters. The topological polar surface area (TPSA) is 105 Å². The number of hydrogen-bond acceptors (Lipinski definition) is 6. The lowest BCUT2D eigenvalue weighted by Crippen LogP contribution is -2.42. The van der Waals surface area contributed by atoms with Crippen molar-refractivity contribution in [2.45, 2.75) is 18.9 Å². The van der Waals surface area contributed by atoms with Gasteiger partial charge in [0.1, 0.15) is 0 Å². The largest absolute Gasteiger partial charge is 0.477 e. The quantitative estimate of drug-likeness (QED) is 0.691. The van der Waals surface area contributed by atoms with Crippen molar-refractivity contribution in [2.24, 2.45) is 5.73 Å². The molecule has 0 aromatic carbocycles. The van der Waals surface area contributed by atoms with E-state index >= 15 is 0 Å². The van der Waals surface area contributed by atoms with E-state index in [0.29, 0.717) is 11.7 Å².